The number of nitrogens with zero attached hydrogens (tertiary/aromatic N) is 2. The van der Waals surface area contributed by atoms with Gasteiger partial charge in [-0.2, -0.15) is 0 Å². The zero-order valence-corrected chi connectivity index (χ0v) is 11.9. The van der Waals surface area contributed by atoms with Gasteiger partial charge in [0.1, 0.15) is 5.52 Å². The molecule has 0 bridgehead atoms. The van der Waals surface area contributed by atoms with Gasteiger partial charge in [-0.15, -0.1) is 0 Å². The van der Waals surface area contributed by atoms with Crippen molar-refractivity contribution in [2.24, 2.45) is 11.8 Å². The van der Waals surface area contributed by atoms with Crippen LogP contribution in [0.25, 0.3) is 11.0 Å². The summed E-state index contributed by atoms with van der Waals surface area (Å²) in [7, 11) is 0. The Hall–Kier alpha value is -1.84. The lowest BCUT2D eigenvalue weighted by Crippen LogP contribution is -2.22. The predicted octanol–water partition coefficient (Wildman–Crippen LogP) is 3.73. The average Bonchev–Trinajstić information content (AvgIpc) is 2.85. The molecular formula is C16H20N2O2. The maximum atomic E-state index is 11.2. The first-order valence-corrected chi connectivity index (χ1v) is 7.26. The largest absolute Gasteiger partial charge is 0.478 e. The molecule has 1 heterocycles. The molecule has 3 rings (SSSR count). The summed E-state index contributed by atoms with van der Waals surface area (Å²) in [6.45, 7) is 4.62. The third kappa shape index (κ3) is 2.09. The van der Waals surface area contributed by atoms with E-state index in [-0.39, 0.29) is 0 Å². The Kier molecular flexibility index (Phi) is 3.24. The highest BCUT2D eigenvalue weighted by atomic mass is 16.4. The van der Waals surface area contributed by atoms with Crippen molar-refractivity contribution in [1.29, 1.82) is 0 Å². The second-order valence-electron chi connectivity index (χ2n) is 6.05. The zero-order chi connectivity index (χ0) is 14.3. The van der Waals surface area contributed by atoms with Gasteiger partial charge in [0.2, 0.25) is 0 Å². The van der Waals surface area contributed by atoms with E-state index in [9.17, 15) is 9.90 Å². The van der Waals surface area contributed by atoms with Gasteiger partial charge < -0.3 is 9.67 Å². The summed E-state index contributed by atoms with van der Waals surface area (Å²) >= 11 is 0. The maximum Gasteiger partial charge on any atom is 0.337 e. The van der Waals surface area contributed by atoms with E-state index in [1.807, 2.05) is 12.4 Å². The van der Waals surface area contributed by atoms with Gasteiger partial charge in [-0.1, -0.05) is 19.9 Å². The summed E-state index contributed by atoms with van der Waals surface area (Å²) in [5, 5.41) is 9.23. The number of para-hydroxylation sites is 1. The van der Waals surface area contributed by atoms with Gasteiger partial charge in [-0.05, 0) is 43.2 Å². The highest BCUT2D eigenvalue weighted by Crippen LogP contribution is 2.37. The van der Waals surface area contributed by atoms with Gasteiger partial charge >= 0.3 is 5.97 Å². The van der Waals surface area contributed by atoms with Crippen LogP contribution in [0.5, 0.6) is 0 Å². The standard InChI is InChI=1S/C16H20N2O2/c1-10-6-7-12(8-11(10)2)18-9-17-15-13(16(19)20)4-3-5-14(15)18/h3-5,9-12H,6-8H2,1-2H3,(H,19,20). The minimum Gasteiger partial charge on any atom is -0.478 e. The smallest absolute Gasteiger partial charge is 0.337 e. The summed E-state index contributed by atoms with van der Waals surface area (Å²) in [6, 6.07) is 5.83. The van der Waals surface area contributed by atoms with Crippen LogP contribution < -0.4 is 0 Å². The van der Waals surface area contributed by atoms with Gasteiger partial charge in [0.25, 0.3) is 0 Å². The Bertz CT molecular complexity index is 647. The van der Waals surface area contributed by atoms with Crippen molar-refractivity contribution in [3.63, 3.8) is 0 Å². The number of aromatic carboxylic acids is 1. The summed E-state index contributed by atoms with van der Waals surface area (Å²) in [6.07, 6.45) is 5.33. The fourth-order valence-corrected chi connectivity index (χ4v) is 3.29. The van der Waals surface area contributed by atoms with Crippen molar-refractivity contribution in [1.82, 2.24) is 9.55 Å². The van der Waals surface area contributed by atoms with E-state index in [0.29, 0.717) is 23.0 Å². The quantitative estimate of drug-likeness (QED) is 0.906. The molecule has 4 heteroatoms. The Labute approximate surface area is 118 Å². The molecule has 0 saturated heterocycles. The molecule has 1 N–H and O–H groups in total. The number of benzene rings is 1. The van der Waals surface area contributed by atoms with Crippen LogP contribution in [0.4, 0.5) is 0 Å². The number of imidazole rings is 1. The van der Waals surface area contributed by atoms with Crippen molar-refractivity contribution in [2.45, 2.75) is 39.2 Å². The van der Waals surface area contributed by atoms with Crippen LogP contribution in [0.15, 0.2) is 24.5 Å². The van der Waals surface area contributed by atoms with Gasteiger partial charge in [0, 0.05) is 6.04 Å². The Morgan fingerprint density at radius 1 is 1.30 bits per heavy atom. The van der Waals surface area contributed by atoms with Crippen LogP contribution >= 0.6 is 0 Å². The molecule has 2 aromatic rings. The molecule has 1 aliphatic carbocycles. The monoisotopic (exact) mass is 272 g/mol. The lowest BCUT2D eigenvalue weighted by atomic mass is 9.79. The van der Waals surface area contributed by atoms with E-state index in [2.05, 4.69) is 23.4 Å². The van der Waals surface area contributed by atoms with E-state index in [1.54, 1.807) is 12.1 Å². The number of carbonyl (C=O) groups is 1. The third-order valence-corrected chi connectivity index (χ3v) is 4.80. The molecule has 1 aromatic heterocycles. The maximum absolute atomic E-state index is 11.2. The molecule has 1 fully saturated rings. The normalized spacial score (nSPS) is 26.8. The van der Waals surface area contributed by atoms with Crippen LogP contribution in [0.3, 0.4) is 0 Å². The number of rotatable bonds is 2. The molecule has 106 valence electrons. The van der Waals surface area contributed by atoms with Crippen LogP contribution in [-0.4, -0.2) is 20.6 Å². The van der Waals surface area contributed by atoms with Gasteiger partial charge in [0.15, 0.2) is 0 Å². The Morgan fingerprint density at radius 2 is 2.10 bits per heavy atom. The van der Waals surface area contributed by atoms with Crippen LogP contribution in [0.1, 0.15) is 49.5 Å². The molecule has 0 spiro atoms. The van der Waals surface area contributed by atoms with Crippen molar-refractivity contribution >= 4 is 17.0 Å². The molecule has 3 unspecified atom stereocenters. The van der Waals surface area contributed by atoms with Gasteiger partial charge in [-0.25, -0.2) is 9.78 Å². The van der Waals surface area contributed by atoms with Crippen molar-refractivity contribution in [3.05, 3.63) is 30.1 Å². The molecule has 0 aliphatic heterocycles. The number of hydrogen-bond donors (Lipinski definition) is 1. The lowest BCUT2D eigenvalue weighted by molar-refractivity contribution is 0.0699. The molecular weight excluding hydrogens is 252 g/mol. The Morgan fingerprint density at radius 3 is 2.80 bits per heavy atom. The van der Waals surface area contributed by atoms with Crippen molar-refractivity contribution < 1.29 is 9.90 Å². The minimum absolute atomic E-state index is 0.290. The molecule has 0 amide bonds. The Balaban J connectivity index is 2.01. The molecule has 3 atom stereocenters. The number of carboxylic acids is 1. The fourth-order valence-electron chi connectivity index (χ4n) is 3.29. The molecule has 0 radical (unpaired) electrons. The molecule has 1 saturated carbocycles. The second kappa shape index (κ2) is 4.93. The topological polar surface area (TPSA) is 55.1 Å². The van der Waals surface area contributed by atoms with E-state index in [1.165, 1.54) is 6.42 Å². The number of carboxylic acid groups (broad SMARTS) is 1. The van der Waals surface area contributed by atoms with E-state index in [0.717, 1.165) is 24.3 Å². The van der Waals surface area contributed by atoms with Crippen molar-refractivity contribution in [2.75, 3.05) is 0 Å². The molecule has 4 nitrogen and oxygen atoms in total. The van der Waals surface area contributed by atoms with Crippen LogP contribution in [0, 0.1) is 11.8 Å². The summed E-state index contributed by atoms with van der Waals surface area (Å²) in [5.74, 6) is 0.566. The number of fused-ring (bicyclic) bond motifs is 1. The van der Waals surface area contributed by atoms with E-state index >= 15 is 0 Å². The van der Waals surface area contributed by atoms with E-state index < -0.39 is 5.97 Å². The first-order valence-electron chi connectivity index (χ1n) is 7.26. The number of hydrogen-bond acceptors (Lipinski definition) is 2. The molecule has 1 aromatic carbocycles. The van der Waals surface area contributed by atoms with Gasteiger partial charge in [-0.3, -0.25) is 0 Å². The first-order chi connectivity index (χ1) is 9.58. The predicted molar refractivity (Wildman–Crippen MR) is 77.9 cm³/mol. The zero-order valence-electron chi connectivity index (χ0n) is 11.9. The highest BCUT2D eigenvalue weighted by molar-refractivity contribution is 6.00. The lowest BCUT2D eigenvalue weighted by Gasteiger charge is -2.33. The van der Waals surface area contributed by atoms with E-state index in [4.69, 9.17) is 0 Å². The highest BCUT2D eigenvalue weighted by Gasteiger charge is 2.26. The fraction of sp³-hybridized carbons (Fsp3) is 0.500. The average molecular weight is 272 g/mol. The SMILES string of the molecule is CC1CCC(n2cnc3c(C(=O)O)cccc32)CC1C. The molecule has 20 heavy (non-hydrogen) atoms. The van der Waals surface area contributed by atoms with Gasteiger partial charge in [0.05, 0.1) is 17.4 Å². The third-order valence-electron chi connectivity index (χ3n) is 4.80. The molecule has 1 aliphatic rings. The summed E-state index contributed by atoms with van der Waals surface area (Å²) < 4.78 is 2.17. The summed E-state index contributed by atoms with van der Waals surface area (Å²) in [4.78, 5) is 15.6. The minimum atomic E-state index is -0.911. The van der Waals surface area contributed by atoms with Crippen molar-refractivity contribution in [3.8, 4) is 0 Å². The first kappa shape index (κ1) is 13.2. The second-order valence-corrected chi connectivity index (χ2v) is 6.05. The summed E-state index contributed by atoms with van der Waals surface area (Å²) in [5.41, 5.74) is 1.83. The number of aromatic nitrogens is 2. The van der Waals surface area contributed by atoms with Crippen LogP contribution in [0.2, 0.25) is 0 Å². The van der Waals surface area contributed by atoms with Crippen LogP contribution in [-0.2, 0) is 0 Å².